The number of carbonyl (C=O) groups excluding carboxylic acids is 1. The van der Waals surface area contributed by atoms with Crippen LogP contribution in [-0.2, 0) is 0 Å². The molecule has 0 saturated heterocycles. The third kappa shape index (κ3) is 3.85. The first-order valence-electron chi connectivity index (χ1n) is 7.33. The molecule has 0 aliphatic rings. The molecule has 1 N–H and O–H groups in total. The largest absolute Gasteiger partial charge is 0.354 e. The smallest absolute Gasteiger partial charge is 0.272 e. The molecule has 22 heavy (non-hydrogen) atoms. The van der Waals surface area contributed by atoms with Gasteiger partial charge in [-0.05, 0) is 50.6 Å². The topological polar surface area (TPSA) is 45.2 Å². The van der Waals surface area contributed by atoms with E-state index in [1.165, 1.54) is 5.56 Å². The minimum Gasteiger partial charge on any atom is -0.354 e. The van der Waals surface area contributed by atoms with E-state index < -0.39 is 0 Å². The number of aryl methyl sites for hydroxylation is 1. The van der Waals surface area contributed by atoms with E-state index in [1.807, 2.05) is 45.0 Å². The van der Waals surface area contributed by atoms with Gasteiger partial charge >= 0.3 is 0 Å². The number of rotatable bonds is 5. The van der Waals surface area contributed by atoms with Crippen LogP contribution in [-0.4, -0.2) is 28.9 Å². The van der Waals surface area contributed by atoms with Crippen molar-refractivity contribution < 1.29 is 4.79 Å². The minimum absolute atomic E-state index is 0.0327. The highest BCUT2D eigenvalue weighted by molar-refractivity contribution is 9.10. The van der Waals surface area contributed by atoms with E-state index >= 15 is 0 Å². The van der Waals surface area contributed by atoms with E-state index in [-0.39, 0.29) is 5.91 Å². The van der Waals surface area contributed by atoms with Gasteiger partial charge in [-0.1, -0.05) is 22.0 Å². The number of halogens is 1. The summed E-state index contributed by atoms with van der Waals surface area (Å²) in [6.45, 7) is 7.35. The first-order valence-corrected chi connectivity index (χ1v) is 8.13. The van der Waals surface area contributed by atoms with Crippen LogP contribution >= 0.6 is 15.9 Å². The lowest BCUT2D eigenvalue weighted by molar-refractivity contribution is 0.0767. The van der Waals surface area contributed by atoms with Crippen molar-refractivity contribution in [3.05, 3.63) is 52.3 Å². The molecule has 0 aliphatic heterocycles. The van der Waals surface area contributed by atoms with Crippen LogP contribution < -0.4 is 5.32 Å². The van der Waals surface area contributed by atoms with Crippen molar-refractivity contribution in [1.29, 1.82) is 0 Å². The SMILES string of the molecule is CCN(CC)C(=O)c1ccc(Nc2ccc(C)c(Br)c2)cn1. The Hall–Kier alpha value is -1.88. The van der Waals surface area contributed by atoms with Crippen LogP contribution in [0.4, 0.5) is 11.4 Å². The number of nitrogens with one attached hydrogen (secondary N) is 1. The van der Waals surface area contributed by atoms with Gasteiger partial charge in [0.25, 0.3) is 5.91 Å². The molecule has 0 saturated carbocycles. The number of aromatic nitrogens is 1. The maximum atomic E-state index is 12.2. The molecule has 1 aromatic carbocycles. The second-order valence-corrected chi connectivity index (χ2v) is 5.85. The van der Waals surface area contributed by atoms with Gasteiger partial charge in [-0.3, -0.25) is 4.79 Å². The summed E-state index contributed by atoms with van der Waals surface area (Å²) in [7, 11) is 0. The zero-order chi connectivity index (χ0) is 16.1. The summed E-state index contributed by atoms with van der Waals surface area (Å²) in [5, 5.41) is 3.28. The standard InChI is InChI=1S/C17H20BrN3O/c1-4-21(5-2)17(22)16-9-8-14(11-19-16)20-13-7-6-12(3)15(18)10-13/h6-11,20H,4-5H2,1-3H3. The molecule has 116 valence electrons. The second-order valence-electron chi connectivity index (χ2n) is 5.00. The second kappa shape index (κ2) is 7.40. The average Bonchev–Trinajstić information content (AvgIpc) is 2.53. The highest BCUT2D eigenvalue weighted by atomic mass is 79.9. The van der Waals surface area contributed by atoms with Crippen molar-refractivity contribution in [3.63, 3.8) is 0 Å². The molecule has 0 radical (unpaired) electrons. The number of nitrogens with zero attached hydrogens (tertiary/aromatic N) is 2. The molecule has 2 rings (SSSR count). The molecule has 0 bridgehead atoms. The number of pyridine rings is 1. The molecule has 5 heteroatoms. The van der Waals surface area contributed by atoms with Crippen LogP contribution in [0.3, 0.4) is 0 Å². The zero-order valence-electron chi connectivity index (χ0n) is 13.1. The highest BCUT2D eigenvalue weighted by Gasteiger charge is 2.13. The predicted molar refractivity (Wildman–Crippen MR) is 93.7 cm³/mol. The van der Waals surface area contributed by atoms with Crippen LogP contribution in [0.25, 0.3) is 0 Å². The van der Waals surface area contributed by atoms with Crippen LogP contribution in [0.1, 0.15) is 29.9 Å². The van der Waals surface area contributed by atoms with Gasteiger partial charge in [-0.25, -0.2) is 4.98 Å². The molecule has 4 nitrogen and oxygen atoms in total. The molecule has 0 unspecified atom stereocenters. The van der Waals surface area contributed by atoms with Crippen LogP contribution in [0, 0.1) is 6.92 Å². The predicted octanol–water partition coefficient (Wildman–Crippen LogP) is 4.38. The van der Waals surface area contributed by atoms with Crippen molar-refractivity contribution in [2.75, 3.05) is 18.4 Å². The fourth-order valence-electron chi connectivity index (χ4n) is 2.10. The molecule has 2 aromatic rings. The summed E-state index contributed by atoms with van der Waals surface area (Å²) >= 11 is 3.52. The van der Waals surface area contributed by atoms with E-state index in [1.54, 1.807) is 17.2 Å². The highest BCUT2D eigenvalue weighted by Crippen LogP contribution is 2.23. The van der Waals surface area contributed by atoms with Gasteiger partial charge in [-0.15, -0.1) is 0 Å². The molecule has 0 aliphatic carbocycles. The Morgan fingerprint density at radius 1 is 1.18 bits per heavy atom. The lowest BCUT2D eigenvalue weighted by Gasteiger charge is -2.18. The molecular formula is C17H20BrN3O. The Morgan fingerprint density at radius 2 is 1.86 bits per heavy atom. The molecular weight excluding hydrogens is 342 g/mol. The lowest BCUT2D eigenvalue weighted by atomic mass is 10.2. The molecule has 0 spiro atoms. The molecule has 0 atom stereocenters. The quantitative estimate of drug-likeness (QED) is 0.859. The van der Waals surface area contributed by atoms with Crippen molar-refractivity contribution in [2.45, 2.75) is 20.8 Å². The first-order chi connectivity index (χ1) is 10.5. The van der Waals surface area contributed by atoms with E-state index in [2.05, 4.69) is 26.2 Å². The van der Waals surface area contributed by atoms with Crippen LogP contribution in [0.2, 0.25) is 0 Å². The van der Waals surface area contributed by atoms with Crippen molar-refractivity contribution in [2.24, 2.45) is 0 Å². The minimum atomic E-state index is -0.0327. The van der Waals surface area contributed by atoms with E-state index in [0.29, 0.717) is 18.8 Å². The van der Waals surface area contributed by atoms with Crippen molar-refractivity contribution >= 4 is 33.2 Å². The van der Waals surface area contributed by atoms with Gasteiger partial charge in [0.1, 0.15) is 5.69 Å². The van der Waals surface area contributed by atoms with Gasteiger partial charge in [-0.2, -0.15) is 0 Å². The number of hydrogen-bond donors (Lipinski definition) is 1. The Labute approximate surface area is 139 Å². The third-order valence-corrected chi connectivity index (χ3v) is 4.35. The number of benzene rings is 1. The number of anilines is 2. The summed E-state index contributed by atoms with van der Waals surface area (Å²) in [6.07, 6.45) is 1.69. The summed E-state index contributed by atoms with van der Waals surface area (Å²) in [4.78, 5) is 18.2. The Balaban J connectivity index is 2.11. The Bertz CT molecular complexity index is 651. The Kier molecular flexibility index (Phi) is 5.55. The monoisotopic (exact) mass is 361 g/mol. The van der Waals surface area contributed by atoms with Crippen LogP contribution in [0.5, 0.6) is 0 Å². The molecule has 1 heterocycles. The fraction of sp³-hybridized carbons (Fsp3) is 0.294. The third-order valence-electron chi connectivity index (χ3n) is 3.49. The number of hydrogen-bond acceptors (Lipinski definition) is 3. The first kappa shape index (κ1) is 16.5. The average molecular weight is 362 g/mol. The van der Waals surface area contributed by atoms with Gasteiger partial charge in [0.2, 0.25) is 0 Å². The summed E-state index contributed by atoms with van der Waals surface area (Å²) in [5.74, 6) is -0.0327. The van der Waals surface area contributed by atoms with Gasteiger partial charge in [0.15, 0.2) is 0 Å². The Morgan fingerprint density at radius 3 is 2.41 bits per heavy atom. The van der Waals surface area contributed by atoms with Crippen molar-refractivity contribution in [1.82, 2.24) is 9.88 Å². The normalized spacial score (nSPS) is 10.4. The van der Waals surface area contributed by atoms with Crippen molar-refractivity contribution in [3.8, 4) is 0 Å². The van der Waals surface area contributed by atoms with Crippen LogP contribution in [0.15, 0.2) is 41.0 Å². The maximum Gasteiger partial charge on any atom is 0.272 e. The van der Waals surface area contributed by atoms with Gasteiger partial charge in [0.05, 0.1) is 11.9 Å². The summed E-state index contributed by atoms with van der Waals surface area (Å²) < 4.78 is 1.05. The van der Waals surface area contributed by atoms with E-state index in [0.717, 1.165) is 15.8 Å². The summed E-state index contributed by atoms with van der Waals surface area (Å²) in [5.41, 5.74) is 3.48. The molecule has 1 amide bonds. The molecule has 1 aromatic heterocycles. The van der Waals surface area contributed by atoms with Gasteiger partial charge < -0.3 is 10.2 Å². The molecule has 0 fully saturated rings. The van der Waals surface area contributed by atoms with E-state index in [4.69, 9.17) is 0 Å². The maximum absolute atomic E-state index is 12.2. The zero-order valence-corrected chi connectivity index (χ0v) is 14.6. The van der Waals surface area contributed by atoms with E-state index in [9.17, 15) is 4.79 Å². The van der Waals surface area contributed by atoms with Gasteiger partial charge in [0, 0.05) is 23.2 Å². The summed E-state index contributed by atoms with van der Waals surface area (Å²) in [6, 6.07) is 9.70. The number of carbonyl (C=O) groups is 1. The number of amides is 1. The lowest BCUT2D eigenvalue weighted by Crippen LogP contribution is -2.31. The fourth-order valence-corrected chi connectivity index (χ4v) is 2.48.